The van der Waals surface area contributed by atoms with Crippen LogP contribution in [0.4, 0.5) is 0 Å². The molecule has 1 aliphatic heterocycles. The van der Waals surface area contributed by atoms with Crippen LogP contribution in [0.1, 0.15) is 41.4 Å². The third-order valence-electron chi connectivity index (χ3n) is 5.56. The van der Waals surface area contributed by atoms with Crippen molar-refractivity contribution in [2.45, 2.75) is 47.2 Å². The molecule has 1 aromatic carbocycles. The van der Waals surface area contributed by atoms with Crippen LogP contribution in [0.15, 0.2) is 23.2 Å². The fourth-order valence-corrected chi connectivity index (χ4v) is 3.60. The van der Waals surface area contributed by atoms with Crippen LogP contribution in [0.25, 0.3) is 0 Å². The number of aliphatic imine (C=N–C) groups is 1. The van der Waals surface area contributed by atoms with Crippen LogP contribution in [0.3, 0.4) is 0 Å². The Hall–Kier alpha value is -2.54. The molecule has 2 aromatic rings. The molecule has 30 heavy (non-hydrogen) atoms. The second kappa shape index (κ2) is 10.5. The fraction of sp³-hybridized carbons (Fsp3) is 0.565. The molecule has 1 fully saturated rings. The summed E-state index contributed by atoms with van der Waals surface area (Å²) in [5.41, 5.74) is 5.70. The molecule has 0 saturated carbocycles. The van der Waals surface area contributed by atoms with E-state index in [4.69, 9.17) is 14.5 Å². The molecular weight excluding hydrogens is 378 g/mol. The molecule has 0 bridgehead atoms. The smallest absolute Gasteiger partial charge is 0.191 e. The number of hydrogen-bond acceptors (Lipinski definition) is 4. The van der Waals surface area contributed by atoms with Gasteiger partial charge in [-0.3, -0.25) is 4.68 Å². The van der Waals surface area contributed by atoms with Crippen molar-refractivity contribution < 1.29 is 9.47 Å². The maximum Gasteiger partial charge on any atom is 0.191 e. The number of benzene rings is 1. The van der Waals surface area contributed by atoms with Gasteiger partial charge in [0.1, 0.15) is 5.75 Å². The van der Waals surface area contributed by atoms with Gasteiger partial charge in [-0.1, -0.05) is 12.1 Å². The summed E-state index contributed by atoms with van der Waals surface area (Å²) in [7, 11) is 1.97. The number of guanidine groups is 1. The first-order chi connectivity index (χ1) is 14.5. The lowest BCUT2D eigenvalue weighted by Gasteiger charge is -2.15. The average Bonchev–Trinajstić information content (AvgIpc) is 3.32. The van der Waals surface area contributed by atoms with Crippen molar-refractivity contribution in [1.29, 1.82) is 0 Å². The molecule has 164 valence electrons. The van der Waals surface area contributed by atoms with Gasteiger partial charge in [-0.05, 0) is 45.7 Å². The molecule has 2 heterocycles. The first kappa shape index (κ1) is 22.2. The van der Waals surface area contributed by atoms with E-state index in [0.29, 0.717) is 25.6 Å². The molecule has 7 heteroatoms. The highest BCUT2D eigenvalue weighted by molar-refractivity contribution is 5.79. The summed E-state index contributed by atoms with van der Waals surface area (Å²) in [6, 6.07) is 6.32. The van der Waals surface area contributed by atoms with E-state index in [-0.39, 0.29) is 0 Å². The number of aryl methyl sites for hydroxylation is 3. The minimum absolute atomic E-state index is 0.479. The Morgan fingerprint density at radius 3 is 2.80 bits per heavy atom. The fourth-order valence-electron chi connectivity index (χ4n) is 3.60. The second-order valence-electron chi connectivity index (χ2n) is 7.97. The van der Waals surface area contributed by atoms with Crippen molar-refractivity contribution >= 4 is 5.96 Å². The average molecular weight is 414 g/mol. The summed E-state index contributed by atoms with van der Waals surface area (Å²) < 4.78 is 13.5. The standard InChI is InChI=1S/C23H35N5O2/c1-6-24-23(26-13-21-17(3)27-28(5)18(21)4)25-12-20-8-7-16(2)11-22(20)30-15-19-9-10-29-14-19/h7-8,11,19H,6,9-10,12-15H2,1-5H3,(H2,24,25,26). The molecule has 0 spiro atoms. The lowest BCUT2D eigenvalue weighted by Crippen LogP contribution is -2.37. The van der Waals surface area contributed by atoms with Crippen LogP contribution in [-0.2, 0) is 24.9 Å². The third kappa shape index (κ3) is 5.75. The van der Waals surface area contributed by atoms with E-state index in [9.17, 15) is 0 Å². The highest BCUT2D eigenvalue weighted by Crippen LogP contribution is 2.23. The zero-order valence-corrected chi connectivity index (χ0v) is 18.9. The zero-order chi connectivity index (χ0) is 21.5. The maximum absolute atomic E-state index is 6.16. The van der Waals surface area contributed by atoms with Crippen molar-refractivity contribution in [3.63, 3.8) is 0 Å². The lowest BCUT2D eigenvalue weighted by molar-refractivity contribution is 0.166. The first-order valence-electron chi connectivity index (χ1n) is 10.8. The monoisotopic (exact) mass is 413 g/mol. The highest BCUT2D eigenvalue weighted by Gasteiger charge is 2.17. The van der Waals surface area contributed by atoms with Gasteiger partial charge < -0.3 is 20.1 Å². The van der Waals surface area contributed by atoms with E-state index in [1.807, 2.05) is 18.7 Å². The number of rotatable bonds is 8. The Morgan fingerprint density at radius 2 is 2.13 bits per heavy atom. The van der Waals surface area contributed by atoms with E-state index >= 15 is 0 Å². The van der Waals surface area contributed by atoms with Crippen LogP contribution in [0.5, 0.6) is 5.75 Å². The number of nitrogens with zero attached hydrogens (tertiary/aromatic N) is 3. The lowest BCUT2D eigenvalue weighted by atomic mass is 10.1. The Balaban J connectivity index is 1.67. The largest absolute Gasteiger partial charge is 0.493 e. The van der Waals surface area contributed by atoms with E-state index in [0.717, 1.165) is 49.1 Å². The molecular formula is C23H35N5O2. The summed E-state index contributed by atoms with van der Waals surface area (Å²) in [5.74, 6) is 2.18. The summed E-state index contributed by atoms with van der Waals surface area (Å²) in [6.45, 7) is 12.7. The van der Waals surface area contributed by atoms with Gasteiger partial charge in [0.15, 0.2) is 5.96 Å². The summed E-state index contributed by atoms with van der Waals surface area (Å²) >= 11 is 0. The van der Waals surface area contributed by atoms with E-state index < -0.39 is 0 Å². The molecule has 7 nitrogen and oxygen atoms in total. The molecule has 0 aliphatic carbocycles. The number of nitrogens with one attached hydrogen (secondary N) is 2. The van der Waals surface area contributed by atoms with Crippen LogP contribution in [0.2, 0.25) is 0 Å². The quantitative estimate of drug-likeness (QED) is 0.514. The van der Waals surface area contributed by atoms with Gasteiger partial charge in [0, 0.05) is 49.5 Å². The van der Waals surface area contributed by atoms with Crippen LogP contribution in [0, 0.1) is 26.7 Å². The topological polar surface area (TPSA) is 72.7 Å². The maximum atomic E-state index is 6.16. The molecule has 2 N–H and O–H groups in total. The normalized spacial score (nSPS) is 16.7. The van der Waals surface area contributed by atoms with Crippen molar-refractivity contribution in [1.82, 2.24) is 20.4 Å². The van der Waals surface area contributed by atoms with Gasteiger partial charge in [0.05, 0.1) is 25.5 Å². The van der Waals surface area contributed by atoms with E-state index in [2.05, 4.69) is 54.7 Å². The Bertz CT molecular complexity index is 869. The van der Waals surface area contributed by atoms with Gasteiger partial charge in [-0.2, -0.15) is 5.10 Å². The van der Waals surface area contributed by atoms with Crippen LogP contribution >= 0.6 is 0 Å². The predicted molar refractivity (Wildman–Crippen MR) is 120 cm³/mol. The van der Waals surface area contributed by atoms with Crippen LogP contribution in [-0.4, -0.2) is 42.1 Å². The van der Waals surface area contributed by atoms with Crippen molar-refractivity contribution in [2.24, 2.45) is 18.0 Å². The van der Waals surface area contributed by atoms with Crippen molar-refractivity contribution in [3.8, 4) is 5.75 Å². The van der Waals surface area contributed by atoms with E-state index in [1.165, 1.54) is 16.8 Å². The van der Waals surface area contributed by atoms with Gasteiger partial charge in [0.25, 0.3) is 0 Å². The third-order valence-corrected chi connectivity index (χ3v) is 5.56. The summed E-state index contributed by atoms with van der Waals surface area (Å²) in [4.78, 5) is 4.80. The number of hydrogen-bond donors (Lipinski definition) is 2. The Morgan fingerprint density at radius 1 is 1.30 bits per heavy atom. The highest BCUT2D eigenvalue weighted by atomic mass is 16.5. The molecule has 1 unspecified atom stereocenters. The van der Waals surface area contributed by atoms with Gasteiger partial charge >= 0.3 is 0 Å². The molecule has 3 rings (SSSR count). The Labute approximate surface area is 179 Å². The second-order valence-corrected chi connectivity index (χ2v) is 7.97. The summed E-state index contributed by atoms with van der Waals surface area (Å²) in [5, 5.41) is 11.3. The van der Waals surface area contributed by atoms with Gasteiger partial charge in [-0.25, -0.2) is 4.99 Å². The minimum atomic E-state index is 0.479. The SMILES string of the molecule is CCNC(=NCc1ccc(C)cc1OCC1CCOC1)NCc1c(C)nn(C)c1C. The first-order valence-corrected chi connectivity index (χ1v) is 10.8. The van der Waals surface area contributed by atoms with Gasteiger partial charge in [-0.15, -0.1) is 0 Å². The molecule has 1 aliphatic rings. The minimum Gasteiger partial charge on any atom is -0.493 e. The number of aromatic nitrogens is 2. The summed E-state index contributed by atoms with van der Waals surface area (Å²) in [6.07, 6.45) is 1.07. The van der Waals surface area contributed by atoms with Crippen molar-refractivity contribution in [3.05, 3.63) is 46.3 Å². The Kier molecular flexibility index (Phi) is 7.74. The van der Waals surface area contributed by atoms with Gasteiger partial charge in [0.2, 0.25) is 0 Å². The number of ether oxygens (including phenoxy) is 2. The molecule has 1 saturated heterocycles. The molecule has 0 radical (unpaired) electrons. The van der Waals surface area contributed by atoms with Crippen LogP contribution < -0.4 is 15.4 Å². The molecule has 1 aromatic heterocycles. The van der Waals surface area contributed by atoms with Crippen molar-refractivity contribution in [2.75, 3.05) is 26.4 Å². The molecule has 0 amide bonds. The zero-order valence-electron chi connectivity index (χ0n) is 18.9. The predicted octanol–water partition coefficient (Wildman–Crippen LogP) is 3.02. The van der Waals surface area contributed by atoms with E-state index in [1.54, 1.807) is 0 Å². The molecule has 1 atom stereocenters.